The minimum atomic E-state index is 0.0528. The lowest BCUT2D eigenvalue weighted by Crippen LogP contribution is -2.48. The lowest BCUT2D eigenvalue weighted by atomic mass is 9.89. The van der Waals surface area contributed by atoms with Gasteiger partial charge in [-0.05, 0) is 25.8 Å². The summed E-state index contributed by atoms with van der Waals surface area (Å²) in [5.41, 5.74) is 2.45. The highest BCUT2D eigenvalue weighted by molar-refractivity contribution is 6.01. The zero-order chi connectivity index (χ0) is 21.4. The fourth-order valence-electron chi connectivity index (χ4n) is 4.31. The maximum Gasteiger partial charge on any atom is 0.228 e. The van der Waals surface area contributed by atoms with Gasteiger partial charge >= 0.3 is 0 Å². The quantitative estimate of drug-likeness (QED) is 0.633. The van der Waals surface area contributed by atoms with Crippen molar-refractivity contribution < 1.29 is 13.9 Å². The fraction of sp³-hybridized carbons (Fsp3) is 0.478. The van der Waals surface area contributed by atoms with Crippen LogP contribution in [0.4, 0.5) is 11.5 Å². The number of hydrogen-bond donors (Lipinski definition) is 2. The first-order valence-corrected chi connectivity index (χ1v) is 11.0. The first kappa shape index (κ1) is 19.9. The highest BCUT2D eigenvalue weighted by Gasteiger charge is 2.30. The zero-order valence-electron chi connectivity index (χ0n) is 17.9. The van der Waals surface area contributed by atoms with Gasteiger partial charge in [-0.2, -0.15) is 0 Å². The molecule has 5 rings (SSSR count). The predicted octanol–water partition coefficient (Wildman–Crippen LogP) is 4.31. The number of carbonyl (C=O) groups excluding carboxylic acids is 1. The highest BCUT2D eigenvalue weighted by atomic mass is 16.5. The average molecular weight is 422 g/mol. The Morgan fingerprint density at radius 2 is 1.94 bits per heavy atom. The third-order valence-electron chi connectivity index (χ3n) is 6.30. The molecule has 4 heterocycles. The van der Waals surface area contributed by atoms with E-state index in [1.165, 1.54) is 6.42 Å². The molecule has 2 N–H and O–H groups in total. The molecule has 31 heavy (non-hydrogen) atoms. The van der Waals surface area contributed by atoms with E-state index in [2.05, 4.69) is 25.6 Å². The van der Waals surface area contributed by atoms with Gasteiger partial charge in [0.25, 0.3) is 0 Å². The van der Waals surface area contributed by atoms with Crippen molar-refractivity contribution in [2.45, 2.75) is 58.1 Å². The molecule has 1 aliphatic carbocycles. The van der Waals surface area contributed by atoms with Gasteiger partial charge in [0.1, 0.15) is 5.82 Å². The summed E-state index contributed by atoms with van der Waals surface area (Å²) in [7, 11) is 0. The molecule has 2 aliphatic rings. The Kier molecular flexibility index (Phi) is 5.31. The Bertz CT molecular complexity index is 1110. The zero-order valence-corrected chi connectivity index (χ0v) is 17.9. The number of anilines is 2. The lowest BCUT2D eigenvalue weighted by molar-refractivity contribution is -0.120. The number of oxazole rings is 1. The molecule has 2 unspecified atom stereocenters. The molecule has 0 bridgehead atoms. The molecule has 0 spiro atoms. The molecule has 162 valence electrons. The summed E-state index contributed by atoms with van der Waals surface area (Å²) < 4.78 is 11.3. The molecular formula is C23H27N5O3. The molecule has 0 aromatic carbocycles. The topological polar surface area (TPSA) is 102 Å². The van der Waals surface area contributed by atoms with E-state index in [4.69, 9.17) is 9.15 Å². The van der Waals surface area contributed by atoms with Crippen LogP contribution < -0.4 is 10.6 Å². The lowest BCUT2D eigenvalue weighted by Gasteiger charge is -2.36. The van der Waals surface area contributed by atoms with Gasteiger partial charge in [-0.15, -0.1) is 0 Å². The fourth-order valence-corrected chi connectivity index (χ4v) is 4.31. The van der Waals surface area contributed by atoms with Crippen molar-refractivity contribution in [1.29, 1.82) is 0 Å². The van der Waals surface area contributed by atoms with E-state index in [-0.39, 0.29) is 24.0 Å². The molecule has 8 heteroatoms. The Hall–Kier alpha value is -3.00. The highest BCUT2D eigenvalue weighted by Crippen LogP contribution is 2.36. The van der Waals surface area contributed by atoms with E-state index in [9.17, 15) is 4.79 Å². The summed E-state index contributed by atoms with van der Waals surface area (Å²) in [6.45, 7) is 4.49. The van der Waals surface area contributed by atoms with Crippen LogP contribution in [-0.4, -0.2) is 39.6 Å². The number of amides is 1. The summed E-state index contributed by atoms with van der Waals surface area (Å²) in [6, 6.07) is 2.07. The maximum absolute atomic E-state index is 12.7. The van der Waals surface area contributed by atoms with Gasteiger partial charge in [0.15, 0.2) is 11.7 Å². The average Bonchev–Trinajstić information content (AvgIpc) is 3.22. The first-order valence-electron chi connectivity index (χ1n) is 11.0. The number of aromatic nitrogens is 3. The second kappa shape index (κ2) is 8.26. The van der Waals surface area contributed by atoms with Crippen molar-refractivity contribution in [2.24, 2.45) is 5.92 Å². The summed E-state index contributed by atoms with van der Waals surface area (Å²) in [6.07, 6.45) is 10.6. The van der Waals surface area contributed by atoms with Gasteiger partial charge in [-0.25, -0.2) is 9.97 Å². The number of rotatable bonds is 5. The van der Waals surface area contributed by atoms with E-state index in [1.807, 2.05) is 19.9 Å². The number of pyridine rings is 2. The van der Waals surface area contributed by atoms with Gasteiger partial charge in [0, 0.05) is 24.4 Å². The van der Waals surface area contributed by atoms with Gasteiger partial charge in [0.2, 0.25) is 5.91 Å². The summed E-state index contributed by atoms with van der Waals surface area (Å²) in [5.74, 6) is 1.90. The molecule has 1 saturated heterocycles. The van der Waals surface area contributed by atoms with E-state index in [0.717, 1.165) is 47.8 Å². The number of hydrogen-bond acceptors (Lipinski definition) is 7. The second-order valence-electron chi connectivity index (χ2n) is 8.49. The van der Waals surface area contributed by atoms with E-state index in [0.29, 0.717) is 24.1 Å². The van der Waals surface area contributed by atoms with Crippen molar-refractivity contribution in [3.05, 3.63) is 30.5 Å². The van der Waals surface area contributed by atoms with Crippen LogP contribution in [0.5, 0.6) is 0 Å². The van der Waals surface area contributed by atoms with E-state index in [1.54, 1.807) is 18.6 Å². The molecule has 3 aromatic heterocycles. The van der Waals surface area contributed by atoms with Gasteiger partial charge in [-0.1, -0.05) is 19.3 Å². The maximum atomic E-state index is 12.7. The van der Waals surface area contributed by atoms with Crippen LogP contribution >= 0.6 is 0 Å². The van der Waals surface area contributed by atoms with Crippen molar-refractivity contribution in [3.8, 4) is 11.3 Å². The number of nitrogens with one attached hydrogen (secondary N) is 2. The molecule has 2 atom stereocenters. The molecular weight excluding hydrogens is 394 g/mol. The number of nitrogens with zero attached hydrogens (tertiary/aromatic N) is 3. The Morgan fingerprint density at radius 1 is 1.10 bits per heavy atom. The number of fused-ring (bicyclic) bond motifs is 1. The van der Waals surface area contributed by atoms with E-state index >= 15 is 0 Å². The standard InChI is InChI=1S/C23H27N5O3/c1-13-19(12-30-13)27-22-16-8-21(28-23(29)15-6-4-3-5-7-15)26-10-18(16)25-9-17(22)20-11-24-14(2)31-20/h8-11,13,15,19H,3-7,12H2,1-2H3,(H,25,27)(H,26,28,29). The largest absolute Gasteiger partial charge is 0.441 e. The number of ether oxygens (including phenoxy) is 1. The molecule has 8 nitrogen and oxygen atoms in total. The smallest absolute Gasteiger partial charge is 0.228 e. The van der Waals surface area contributed by atoms with Crippen molar-refractivity contribution in [2.75, 3.05) is 17.2 Å². The summed E-state index contributed by atoms with van der Waals surface area (Å²) >= 11 is 0. The van der Waals surface area contributed by atoms with Crippen LogP contribution in [0.25, 0.3) is 22.2 Å². The van der Waals surface area contributed by atoms with Crippen LogP contribution in [0.2, 0.25) is 0 Å². The van der Waals surface area contributed by atoms with Crippen LogP contribution in [-0.2, 0) is 9.53 Å². The van der Waals surface area contributed by atoms with Gasteiger partial charge in [0.05, 0.1) is 47.9 Å². The Labute approximate surface area is 180 Å². The van der Waals surface area contributed by atoms with Crippen LogP contribution in [0.15, 0.2) is 29.1 Å². The molecule has 0 radical (unpaired) electrons. The van der Waals surface area contributed by atoms with Crippen LogP contribution in [0, 0.1) is 12.8 Å². The molecule has 1 amide bonds. The molecule has 1 aliphatic heterocycles. The van der Waals surface area contributed by atoms with Crippen LogP contribution in [0.3, 0.4) is 0 Å². The van der Waals surface area contributed by atoms with Crippen molar-refractivity contribution in [3.63, 3.8) is 0 Å². The summed E-state index contributed by atoms with van der Waals surface area (Å²) in [4.78, 5) is 26.0. The normalized spacial score (nSPS) is 21.6. The first-order chi connectivity index (χ1) is 15.1. The summed E-state index contributed by atoms with van der Waals surface area (Å²) in [5, 5.41) is 7.49. The van der Waals surface area contributed by atoms with Crippen LogP contribution in [0.1, 0.15) is 44.9 Å². The van der Waals surface area contributed by atoms with Gasteiger partial charge < -0.3 is 19.8 Å². The molecule has 1 saturated carbocycles. The number of carbonyl (C=O) groups is 1. The Morgan fingerprint density at radius 3 is 2.61 bits per heavy atom. The third kappa shape index (κ3) is 3.99. The second-order valence-corrected chi connectivity index (χ2v) is 8.49. The molecule has 3 aromatic rings. The van der Waals surface area contributed by atoms with E-state index < -0.39 is 0 Å². The monoisotopic (exact) mass is 421 g/mol. The van der Waals surface area contributed by atoms with Gasteiger partial charge in [-0.3, -0.25) is 9.78 Å². The van der Waals surface area contributed by atoms with Crippen molar-refractivity contribution >= 4 is 28.3 Å². The number of aryl methyl sites for hydroxylation is 1. The third-order valence-corrected chi connectivity index (χ3v) is 6.30. The molecule has 2 fully saturated rings. The SMILES string of the molecule is Cc1ncc(-c2cnc3cnc(NC(=O)C4CCCCC4)cc3c2NC2COC2C)o1. The minimum absolute atomic E-state index is 0.0528. The van der Waals surface area contributed by atoms with Crippen molar-refractivity contribution in [1.82, 2.24) is 15.0 Å². The Balaban J connectivity index is 1.52. The minimum Gasteiger partial charge on any atom is -0.441 e. The predicted molar refractivity (Wildman–Crippen MR) is 118 cm³/mol.